The minimum absolute atomic E-state index is 0.0148. The van der Waals surface area contributed by atoms with E-state index >= 15 is 0 Å². The maximum Gasteiger partial charge on any atom is 0.257 e. The molecule has 38 heavy (non-hydrogen) atoms. The van der Waals surface area contributed by atoms with Crippen molar-refractivity contribution in [1.82, 2.24) is 9.80 Å². The van der Waals surface area contributed by atoms with Gasteiger partial charge in [0.05, 0.1) is 26.3 Å². The summed E-state index contributed by atoms with van der Waals surface area (Å²) in [4.78, 5) is 31.8. The maximum absolute atomic E-state index is 14.6. The van der Waals surface area contributed by atoms with Gasteiger partial charge < -0.3 is 19.3 Å². The number of ether oxygens (including phenoxy) is 2. The first-order valence-corrected chi connectivity index (χ1v) is 13.9. The van der Waals surface area contributed by atoms with Crippen molar-refractivity contribution in [3.05, 3.63) is 81.8 Å². The Morgan fingerprint density at radius 1 is 0.974 bits per heavy atom. The molecule has 1 aromatic heterocycles. The van der Waals surface area contributed by atoms with Gasteiger partial charge in [-0.2, -0.15) is 0 Å². The van der Waals surface area contributed by atoms with Gasteiger partial charge in [0.25, 0.3) is 5.91 Å². The van der Waals surface area contributed by atoms with Crippen LogP contribution in [-0.4, -0.2) is 55.0 Å². The minimum Gasteiger partial charge on any atom is -0.493 e. The molecule has 0 atom stereocenters. The van der Waals surface area contributed by atoms with Gasteiger partial charge in [0.1, 0.15) is 12.4 Å². The number of rotatable bonds is 11. The molecule has 1 fully saturated rings. The van der Waals surface area contributed by atoms with E-state index in [1.165, 1.54) is 12.1 Å². The molecule has 4 rings (SSSR count). The topological polar surface area (TPSA) is 59.1 Å². The number of halogens is 1. The van der Waals surface area contributed by atoms with Crippen LogP contribution >= 0.6 is 11.3 Å². The fourth-order valence-corrected chi connectivity index (χ4v) is 5.70. The van der Waals surface area contributed by atoms with Crippen LogP contribution in [0.15, 0.2) is 60.0 Å². The van der Waals surface area contributed by atoms with Crippen molar-refractivity contribution >= 4 is 23.2 Å². The Labute approximate surface area is 228 Å². The molecule has 0 unspecified atom stereocenters. The maximum atomic E-state index is 14.6. The third-order valence-electron chi connectivity index (χ3n) is 7.08. The molecule has 0 spiro atoms. The molecule has 2 aromatic carbocycles. The molecule has 0 aliphatic heterocycles. The molecule has 0 radical (unpaired) electrons. The van der Waals surface area contributed by atoms with Crippen LogP contribution < -0.4 is 9.47 Å². The van der Waals surface area contributed by atoms with Gasteiger partial charge in [-0.15, -0.1) is 11.3 Å². The van der Waals surface area contributed by atoms with E-state index in [-0.39, 0.29) is 24.1 Å². The quantitative estimate of drug-likeness (QED) is 0.303. The molecule has 2 amide bonds. The molecule has 202 valence electrons. The third-order valence-corrected chi connectivity index (χ3v) is 7.95. The summed E-state index contributed by atoms with van der Waals surface area (Å²) in [5, 5.41) is 1.99. The van der Waals surface area contributed by atoms with Crippen LogP contribution in [0.2, 0.25) is 0 Å². The summed E-state index contributed by atoms with van der Waals surface area (Å²) in [7, 11) is 3.19. The van der Waals surface area contributed by atoms with Crippen molar-refractivity contribution in [3.8, 4) is 11.5 Å². The minimum atomic E-state index is -0.561. The first kappa shape index (κ1) is 27.6. The van der Waals surface area contributed by atoms with Crippen LogP contribution in [0, 0.1) is 5.82 Å². The largest absolute Gasteiger partial charge is 0.493 e. The van der Waals surface area contributed by atoms with Gasteiger partial charge in [-0.05, 0) is 60.5 Å². The normalized spacial score (nSPS) is 13.7. The van der Waals surface area contributed by atoms with Crippen molar-refractivity contribution in [3.63, 3.8) is 0 Å². The van der Waals surface area contributed by atoms with E-state index in [1.54, 1.807) is 47.5 Å². The van der Waals surface area contributed by atoms with E-state index in [0.717, 1.165) is 42.5 Å². The molecule has 0 N–H and O–H groups in total. The van der Waals surface area contributed by atoms with Gasteiger partial charge in [-0.1, -0.05) is 43.5 Å². The molecule has 1 aliphatic rings. The highest BCUT2D eigenvalue weighted by atomic mass is 32.1. The van der Waals surface area contributed by atoms with Crippen LogP contribution in [-0.2, 0) is 17.8 Å². The molecule has 3 aromatic rings. The average Bonchev–Trinajstić information content (AvgIpc) is 3.47. The standard InChI is InChI=1S/C30H35FN2O4S/c1-36-27-15-14-22(19-28(27)37-2)16-17-32(20-24-11-8-18-38-24)29(34)21-33(23-9-4-3-5-10-23)30(35)25-12-6-7-13-26(25)31/h6-8,11-15,18-19,23H,3-5,9-10,16-17,20-21H2,1-2H3. The Kier molecular flexibility index (Phi) is 9.76. The number of methoxy groups -OCH3 is 2. The second-order valence-electron chi connectivity index (χ2n) is 9.54. The Balaban J connectivity index is 1.55. The van der Waals surface area contributed by atoms with E-state index in [4.69, 9.17) is 9.47 Å². The monoisotopic (exact) mass is 538 g/mol. The highest BCUT2D eigenvalue weighted by Gasteiger charge is 2.31. The fourth-order valence-electron chi connectivity index (χ4n) is 4.98. The molecule has 0 bridgehead atoms. The lowest BCUT2D eigenvalue weighted by Crippen LogP contribution is -2.48. The van der Waals surface area contributed by atoms with Crippen molar-refractivity contribution in [2.24, 2.45) is 0 Å². The summed E-state index contributed by atoms with van der Waals surface area (Å²) < 4.78 is 25.4. The first-order valence-electron chi connectivity index (χ1n) is 13.1. The van der Waals surface area contributed by atoms with Gasteiger partial charge in [0, 0.05) is 17.5 Å². The summed E-state index contributed by atoms with van der Waals surface area (Å²) in [5.41, 5.74) is 1.03. The van der Waals surface area contributed by atoms with E-state index in [1.807, 2.05) is 35.7 Å². The molecule has 1 heterocycles. The van der Waals surface area contributed by atoms with Crippen LogP contribution in [0.1, 0.15) is 52.9 Å². The van der Waals surface area contributed by atoms with E-state index < -0.39 is 11.7 Å². The summed E-state index contributed by atoms with van der Waals surface area (Å²) in [6, 6.07) is 15.7. The zero-order valence-electron chi connectivity index (χ0n) is 22.0. The molecule has 0 saturated heterocycles. The Morgan fingerprint density at radius 2 is 1.74 bits per heavy atom. The van der Waals surface area contributed by atoms with E-state index in [0.29, 0.717) is 31.0 Å². The highest BCUT2D eigenvalue weighted by molar-refractivity contribution is 7.09. The number of thiophene rings is 1. The number of carbonyl (C=O) groups excluding carboxylic acids is 2. The predicted molar refractivity (Wildman–Crippen MR) is 147 cm³/mol. The van der Waals surface area contributed by atoms with Crippen LogP contribution in [0.25, 0.3) is 0 Å². The summed E-state index contributed by atoms with van der Waals surface area (Å²) in [6.45, 7) is 0.851. The van der Waals surface area contributed by atoms with Crippen molar-refractivity contribution in [2.75, 3.05) is 27.3 Å². The van der Waals surface area contributed by atoms with E-state index in [2.05, 4.69) is 0 Å². The lowest BCUT2D eigenvalue weighted by molar-refractivity contribution is -0.133. The Hall–Kier alpha value is -3.39. The number of benzene rings is 2. The molecular weight excluding hydrogens is 503 g/mol. The summed E-state index contributed by atoms with van der Waals surface area (Å²) in [5.74, 6) is 0.167. The second-order valence-corrected chi connectivity index (χ2v) is 10.6. The van der Waals surface area contributed by atoms with Crippen molar-refractivity contribution in [1.29, 1.82) is 0 Å². The van der Waals surface area contributed by atoms with Crippen molar-refractivity contribution in [2.45, 2.75) is 51.1 Å². The lowest BCUT2D eigenvalue weighted by atomic mass is 9.93. The highest BCUT2D eigenvalue weighted by Crippen LogP contribution is 2.28. The fraction of sp³-hybridized carbons (Fsp3) is 0.400. The molecule has 1 aliphatic carbocycles. The van der Waals surface area contributed by atoms with Gasteiger partial charge in [-0.3, -0.25) is 9.59 Å². The number of hydrogen-bond donors (Lipinski definition) is 0. The molecule has 1 saturated carbocycles. The second kappa shape index (κ2) is 13.4. The van der Waals surface area contributed by atoms with Crippen molar-refractivity contribution < 1.29 is 23.5 Å². The predicted octanol–water partition coefficient (Wildman–Crippen LogP) is 5.95. The molecule has 8 heteroatoms. The zero-order chi connectivity index (χ0) is 26.9. The average molecular weight is 539 g/mol. The summed E-state index contributed by atoms with van der Waals surface area (Å²) >= 11 is 1.59. The zero-order valence-corrected chi connectivity index (χ0v) is 22.8. The first-order chi connectivity index (χ1) is 18.5. The van der Waals surface area contributed by atoms with E-state index in [9.17, 15) is 14.0 Å². The van der Waals surface area contributed by atoms with Crippen LogP contribution in [0.3, 0.4) is 0 Å². The van der Waals surface area contributed by atoms with Gasteiger partial charge in [0.15, 0.2) is 11.5 Å². The molecular formula is C30H35FN2O4S. The van der Waals surface area contributed by atoms with Gasteiger partial charge in [-0.25, -0.2) is 4.39 Å². The number of carbonyl (C=O) groups is 2. The lowest BCUT2D eigenvalue weighted by Gasteiger charge is -2.35. The van der Waals surface area contributed by atoms with Crippen LogP contribution in [0.4, 0.5) is 4.39 Å². The SMILES string of the molecule is COc1ccc(CCN(Cc2cccs2)C(=O)CN(C(=O)c2ccccc2F)C2CCCCC2)cc1OC. The number of nitrogens with zero attached hydrogens (tertiary/aromatic N) is 2. The number of amides is 2. The van der Waals surface area contributed by atoms with Crippen LogP contribution in [0.5, 0.6) is 11.5 Å². The molecule has 6 nitrogen and oxygen atoms in total. The van der Waals surface area contributed by atoms with Gasteiger partial charge >= 0.3 is 0 Å². The summed E-state index contributed by atoms with van der Waals surface area (Å²) in [6.07, 6.45) is 5.37. The smallest absolute Gasteiger partial charge is 0.257 e. The number of hydrogen-bond acceptors (Lipinski definition) is 5. The Bertz CT molecular complexity index is 1210. The Morgan fingerprint density at radius 3 is 2.42 bits per heavy atom. The third kappa shape index (κ3) is 6.92. The van der Waals surface area contributed by atoms with Gasteiger partial charge in [0.2, 0.25) is 5.91 Å².